The third-order valence-electron chi connectivity index (χ3n) is 2.35. The Morgan fingerprint density at radius 3 is 2.32 bits per heavy atom. The van der Waals surface area contributed by atoms with Crippen LogP contribution in [0.4, 0.5) is 0 Å². The van der Waals surface area contributed by atoms with Crippen molar-refractivity contribution in [1.82, 2.24) is 4.90 Å². The van der Waals surface area contributed by atoms with Crippen LogP contribution in [0.15, 0.2) is 22.7 Å². The van der Waals surface area contributed by atoms with Crippen molar-refractivity contribution in [2.75, 3.05) is 20.2 Å². The predicted molar refractivity (Wildman–Crippen MR) is 71.2 cm³/mol. The van der Waals surface area contributed by atoms with Gasteiger partial charge in [0.05, 0.1) is 20.2 Å². The van der Waals surface area contributed by atoms with E-state index in [0.717, 1.165) is 10.0 Å². The lowest BCUT2D eigenvalue weighted by Gasteiger charge is -2.19. The predicted octanol–water partition coefficient (Wildman–Crippen LogP) is 1.43. The molecular formula is C12H14BrNO5. The van der Waals surface area contributed by atoms with E-state index < -0.39 is 11.9 Å². The Balaban J connectivity index is 2.90. The molecule has 0 amide bonds. The van der Waals surface area contributed by atoms with E-state index in [1.165, 1.54) is 12.0 Å². The molecule has 0 spiro atoms. The molecule has 1 aromatic rings. The van der Waals surface area contributed by atoms with E-state index >= 15 is 0 Å². The van der Waals surface area contributed by atoms with Gasteiger partial charge in [0.2, 0.25) is 0 Å². The maximum Gasteiger partial charge on any atom is 0.317 e. The Morgan fingerprint density at radius 1 is 1.26 bits per heavy atom. The van der Waals surface area contributed by atoms with Crippen LogP contribution in [0.1, 0.15) is 5.56 Å². The number of methoxy groups -OCH3 is 1. The number of nitrogens with zero attached hydrogens (tertiary/aromatic N) is 1. The average molecular weight is 332 g/mol. The van der Waals surface area contributed by atoms with Crippen LogP contribution in [0.25, 0.3) is 0 Å². The van der Waals surface area contributed by atoms with Crippen molar-refractivity contribution in [2.24, 2.45) is 0 Å². The van der Waals surface area contributed by atoms with Crippen molar-refractivity contribution < 1.29 is 24.5 Å². The molecule has 6 nitrogen and oxygen atoms in total. The van der Waals surface area contributed by atoms with E-state index in [0.29, 0.717) is 5.75 Å². The van der Waals surface area contributed by atoms with E-state index in [-0.39, 0.29) is 19.6 Å². The summed E-state index contributed by atoms with van der Waals surface area (Å²) in [6.45, 7) is -0.509. The fourth-order valence-electron chi connectivity index (χ4n) is 1.66. The van der Waals surface area contributed by atoms with E-state index in [1.54, 1.807) is 18.2 Å². The number of benzene rings is 1. The SMILES string of the molecule is COc1ccc(Br)cc1CN(CC(=O)O)CC(=O)O. The topological polar surface area (TPSA) is 87.1 Å². The van der Waals surface area contributed by atoms with Gasteiger partial charge >= 0.3 is 11.9 Å². The number of hydrogen-bond acceptors (Lipinski definition) is 4. The molecule has 1 aromatic carbocycles. The number of carbonyl (C=O) groups is 2. The van der Waals surface area contributed by atoms with Crippen LogP contribution in [0.5, 0.6) is 5.75 Å². The lowest BCUT2D eigenvalue weighted by atomic mass is 10.2. The molecule has 0 aliphatic rings. The van der Waals surface area contributed by atoms with Crippen LogP contribution in [0.2, 0.25) is 0 Å². The van der Waals surface area contributed by atoms with Crippen molar-refractivity contribution in [1.29, 1.82) is 0 Å². The van der Waals surface area contributed by atoms with Gasteiger partial charge in [0, 0.05) is 16.6 Å². The highest BCUT2D eigenvalue weighted by molar-refractivity contribution is 9.10. The van der Waals surface area contributed by atoms with Crippen molar-refractivity contribution in [3.63, 3.8) is 0 Å². The second kappa shape index (κ2) is 7.10. The van der Waals surface area contributed by atoms with Crippen LogP contribution in [0, 0.1) is 0 Å². The minimum absolute atomic E-state index is 0.182. The van der Waals surface area contributed by atoms with E-state index in [2.05, 4.69) is 15.9 Å². The molecule has 0 unspecified atom stereocenters. The Labute approximate surface area is 118 Å². The number of carboxylic acid groups (broad SMARTS) is 2. The molecule has 104 valence electrons. The van der Waals surface area contributed by atoms with Crippen LogP contribution in [-0.4, -0.2) is 47.3 Å². The molecule has 0 aliphatic heterocycles. The van der Waals surface area contributed by atoms with Gasteiger partial charge in [0.25, 0.3) is 0 Å². The van der Waals surface area contributed by atoms with Gasteiger partial charge < -0.3 is 14.9 Å². The third kappa shape index (κ3) is 5.27. The van der Waals surface area contributed by atoms with Crippen LogP contribution < -0.4 is 4.74 Å². The number of rotatable bonds is 7. The van der Waals surface area contributed by atoms with Gasteiger partial charge in [-0.3, -0.25) is 14.5 Å². The van der Waals surface area contributed by atoms with Crippen LogP contribution in [-0.2, 0) is 16.1 Å². The van der Waals surface area contributed by atoms with Gasteiger partial charge in [-0.25, -0.2) is 0 Å². The summed E-state index contributed by atoms with van der Waals surface area (Å²) < 4.78 is 5.98. The molecule has 1 rings (SSSR count). The Kier molecular flexibility index (Phi) is 5.78. The second-order valence-electron chi connectivity index (χ2n) is 3.89. The Hall–Kier alpha value is -1.60. The second-order valence-corrected chi connectivity index (χ2v) is 4.80. The van der Waals surface area contributed by atoms with Crippen molar-refractivity contribution >= 4 is 27.9 Å². The molecular weight excluding hydrogens is 318 g/mol. The summed E-state index contributed by atoms with van der Waals surface area (Å²) in [7, 11) is 1.51. The normalized spacial score (nSPS) is 10.5. The minimum atomic E-state index is -1.07. The molecule has 0 atom stereocenters. The first-order valence-corrected chi connectivity index (χ1v) is 6.20. The maximum absolute atomic E-state index is 10.7. The highest BCUT2D eigenvalue weighted by atomic mass is 79.9. The van der Waals surface area contributed by atoms with Gasteiger partial charge in [0.15, 0.2) is 0 Å². The molecule has 0 heterocycles. The van der Waals surface area contributed by atoms with Gasteiger partial charge in [0.1, 0.15) is 5.75 Å². The highest BCUT2D eigenvalue weighted by Gasteiger charge is 2.16. The first kappa shape index (κ1) is 15.5. The monoisotopic (exact) mass is 331 g/mol. The number of aliphatic carboxylic acids is 2. The summed E-state index contributed by atoms with van der Waals surface area (Å²) >= 11 is 3.31. The fraction of sp³-hybridized carbons (Fsp3) is 0.333. The number of carboxylic acids is 2. The molecule has 0 bridgehead atoms. The fourth-order valence-corrected chi connectivity index (χ4v) is 2.07. The van der Waals surface area contributed by atoms with Crippen molar-refractivity contribution in [3.8, 4) is 5.75 Å². The summed E-state index contributed by atoms with van der Waals surface area (Å²) in [6, 6.07) is 5.30. The largest absolute Gasteiger partial charge is 0.496 e. The summed E-state index contributed by atoms with van der Waals surface area (Å²) in [6.07, 6.45) is 0. The maximum atomic E-state index is 10.7. The molecule has 0 aromatic heterocycles. The number of hydrogen-bond donors (Lipinski definition) is 2. The molecule has 2 N–H and O–H groups in total. The summed E-state index contributed by atoms with van der Waals surface area (Å²) in [5, 5.41) is 17.6. The first-order chi connectivity index (χ1) is 8.92. The van der Waals surface area contributed by atoms with Gasteiger partial charge in [-0.05, 0) is 18.2 Å². The standard InChI is InChI=1S/C12H14BrNO5/c1-19-10-3-2-9(13)4-8(10)5-14(6-11(15)16)7-12(17)18/h2-4H,5-7H2,1H3,(H,15,16)(H,17,18). The summed E-state index contributed by atoms with van der Waals surface area (Å²) in [5.41, 5.74) is 0.722. The zero-order valence-corrected chi connectivity index (χ0v) is 11.9. The molecule has 19 heavy (non-hydrogen) atoms. The van der Waals surface area contributed by atoms with Crippen LogP contribution >= 0.6 is 15.9 Å². The highest BCUT2D eigenvalue weighted by Crippen LogP contribution is 2.24. The van der Waals surface area contributed by atoms with Gasteiger partial charge in [-0.2, -0.15) is 0 Å². The number of halogens is 1. The lowest BCUT2D eigenvalue weighted by Crippen LogP contribution is -2.34. The third-order valence-corrected chi connectivity index (χ3v) is 2.85. The molecule has 7 heteroatoms. The van der Waals surface area contributed by atoms with E-state index in [1.807, 2.05) is 0 Å². The zero-order chi connectivity index (χ0) is 14.4. The average Bonchev–Trinajstić information content (AvgIpc) is 2.27. The van der Waals surface area contributed by atoms with Crippen LogP contribution in [0.3, 0.4) is 0 Å². The molecule has 0 fully saturated rings. The van der Waals surface area contributed by atoms with Gasteiger partial charge in [-0.1, -0.05) is 15.9 Å². The number of ether oxygens (including phenoxy) is 1. The smallest absolute Gasteiger partial charge is 0.317 e. The Morgan fingerprint density at radius 2 is 1.84 bits per heavy atom. The minimum Gasteiger partial charge on any atom is -0.496 e. The molecule has 0 radical (unpaired) electrons. The zero-order valence-electron chi connectivity index (χ0n) is 10.3. The first-order valence-electron chi connectivity index (χ1n) is 5.40. The lowest BCUT2D eigenvalue weighted by molar-refractivity contribution is -0.142. The Bertz CT molecular complexity index is 461. The van der Waals surface area contributed by atoms with Crippen molar-refractivity contribution in [2.45, 2.75) is 6.54 Å². The molecule has 0 saturated heterocycles. The molecule has 0 aliphatic carbocycles. The summed E-state index contributed by atoms with van der Waals surface area (Å²) in [5.74, 6) is -1.56. The quantitative estimate of drug-likeness (QED) is 0.785. The molecule has 0 saturated carbocycles. The van der Waals surface area contributed by atoms with Gasteiger partial charge in [-0.15, -0.1) is 0 Å². The van der Waals surface area contributed by atoms with E-state index in [4.69, 9.17) is 14.9 Å². The summed E-state index contributed by atoms with van der Waals surface area (Å²) in [4.78, 5) is 22.8. The van der Waals surface area contributed by atoms with E-state index in [9.17, 15) is 9.59 Å². The van der Waals surface area contributed by atoms with Crippen molar-refractivity contribution in [3.05, 3.63) is 28.2 Å².